The molecule has 1 aliphatic heterocycles. The molecule has 3 N–H and O–H groups in total. The highest BCUT2D eigenvalue weighted by molar-refractivity contribution is 6.33. The lowest BCUT2D eigenvalue weighted by molar-refractivity contribution is 0.171. The van der Waals surface area contributed by atoms with Crippen LogP contribution >= 0.6 is 11.6 Å². The van der Waals surface area contributed by atoms with Gasteiger partial charge in [0.25, 0.3) is 0 Å². The van der Waals surface area contributed by atoms with Gasteiger partial charge in [0.05, 0.1) is 11.2 Å². The van der Waals surface area contributed by atoms with Gasteiger partial charge in [0.1, 0.15) is 19.0 Å². The molecular formula is C12H12ClN3O2. The number of rotatable bonds is 1. The van der Waals surface area contributed by atoms with E-state index in [1.54, 1.807) is 6.20 Å². The molecule has 0 fully saturated rings. The van der Waals surface area contributed by atoms with E-state index in [0.29, 0.717) is 35.6 Å². The van der Waals surface area contributed by atoms with E-state index in [1.165, 1.54) is 0 Å². The molecule has 5 nitrogen and oxygen atoms in total. The quantitative estimate of drug-likeness (QED) is 0.830. The average molecular weight is 266 g/mol. The van der Waals surface area contributed by atoms with Crippen LogP contribution in [0.2, 0.25) is 5.02 Å². The third-order valence-corrected chi connectivity index (χ3v) is 3.43. The molecule has 0 bridgehead atoms. The summed E-state index contributed by atoms with van der Waals surface area (Å²) in [7, 11) is 0. The molecule has 0 saturated heterocycles. The molecule has 1 aliphatic rings. The van der Waals surface area contributed by atoms with Crippen LogP contribution < -0.4 is 15.2 Å². The Balaban J connectivity index is 2.22. The average Bonchev–Trinajstić information content (AvgIpc) is 2.80. The monoisotopic (exact) mass is 265 g/mol. The van der Waals surface area contributed by atoms with Crippen molar-refractivity contribution in [2.75, 3.05) is 18.9 Å². The van der Waals surface area contributed by atoms with Crippen LogP contribution in [-0.2, 0) is 0 Å². The number of halogens is 1. The molecule has 18 heavy (non-hydrogen) atoms. The highest BCUT2D eigenvalue weighted by Gasteiger charge is 2.21. The Labute approximate surface area is 109 Å². The summed E-state index contributed by atoms with van der Waals surface area (Å²) in [5, 5.41) is 7.18. The lowest BCUT2D eigenvalue weighted by atomic mass is 10.0. The van der Waals surface area contributed by atoms with Gasteiger partial charge in [-0.3, -0.25) is 5.10 Å². The van der Waals surface area contributed by atoms with E-state index in [1.807, 2.05) is 13.0 Å². The molecular weight excluding hydrogens is 254 g/mol. The van der Waals surface area contributed by atoms with Crippen molar-refractivity contribution in [3.63, 3.8) is 0 Å². The molecule has 2 aromatic rings. The van der Waals surface area contributed by atoms with Crippen molar-refractivity contribution in [3.8, 4) is 22.6 Å². The molecule has 0 saturated carbocycles. The normalized spacial score (nSPS) is 13.7. The molecule has 1 aromatic heterocycles. The Kier molecular flexibility index (Phi) is 2.56. The minimum Gasteiger partial charge on any atom is -0.486 e. The van der Waals surface area contributed by atoms with Crippen molar-refractivity contribution in [2.24, 2.45) is 0 Å². The maximum atomic E-state index is 6.31. The van der Waals surface area contributed by atoms with Crippen molar-refractivity contribution in [3.05, 3.63) is 22.8 Å². The minimum absolute atomic E-state index is 0.505. The number of nitrogens with one attached hydrogen (secondary N) is 1. The molecule has 6 heteroatoms. The summed E-state index contributed by atoms with van der Waals surface area (Å²) < 4.78 is 11.1. The number of hydrogen-bond donors (Lipinski definition) is 2. The van der Waals surface area contributed by atoms with E-state index in [-0.39, 0.29) is 0 Å². The van der Waals surface area contributed by atoms with Gasteiger partial charge >= 0.3 is 0 Å². The Morgan fingerprint density at radius 3 is 2.83 bits per heavy atom. The number of aromatic amines is 1. The van der Waals surface area contributed by atoms with Crippen LogP contribution in [0.1, 0.15) is 5.56 Å². The first-order chi connectivity index (χ1) is 8.68. The van der Waals surface area contributed by atoms with E-state index in [0.717, 1.165) is 16.7 Å². The van der Waals surface area contributed by atoms with Gasteiger partial charge < -0.3 is 15.2 Å². The summed E-state index contributed by atoms with van der Waals surface area (Å²) in [6.07, 6.45) is 1.67. The Hall–Kier alpha value is -1.88. The number of benzene rings is 1. The summed E-state index contributed by atoms with van der Waals surface area (Å²) >= 11 is 6.31. The SMILES string of the molecule is Cc1c(-c2cn[nH]c2N)cc2c(c1Cl)OCCO2. The van der Waals surface area contributed by atoms with Crippen LogP contribution in [0.5, 0.6) is 11.5 Å². The predicted octanol–water partition coefficient (Wildman–Crippen LogP) is 2.39. The smallest absolute Gasteiger partial charge is 0.180 e. The van der Waals surface area contributed by atoms with Gasteiger partial charge in [-0.1, -0.05) is 11.6 Å². The molecule has 0 amide bonds. The fourth-order valence-electron chi connectivity index (χ4n) is 2.03. The number of ether oxygens (including phenoxy) is 2. The molecule has 0 spiro atoms. The van der Waals surface area contributed by atoms with Crippen LogP contribution in [0.25, 0.3) is 11.1 Å². The first kappa shape index (κ1) is 11.2. The lowest BCUT2D eigenvalue weighted by Gasteiger charge is -2.22. The zero-order valence-corrected chi connectivity index (χ0v) is 10.5. The zero-order chi connectivity index (χ0) is 12.7. The van der Waals surface area contributed by atoms with Crippen molar-refractivity contribution in [1.29, 1.82) is 0 Å². The second-order valence-corrected chi connectivity index (χ2v) is 4.46. The van der Waals surface area contributed by atoms with Crippen LogP contribution in [0.15, 0.2) is 12.3 Å². The molecule has 0 unspecified atom stereocenters. The van der Waals surface area contributed by atoms with Gasteiger partial charge in [0, 0.05) is 5.56 Å². The number of nitrogens with two attached hydrogens (primary N) is 1. The molecule has 0 radical (unpaired) electrons. The Bertz CT molecular complexity index is 610. The summed E-state index contributed by atoms with van der Waals surface area (Å²) in [4.78, 5) is 0. The molecule has 0 atom stereocenters. The third kappa shape index (κ3) is 1.59. The van der Waals surface area contributed by atoms with Crippen LogP contribution in [0, 0.1) is 6.92 Å². The predicted molar refractivity (Wildman–Crippen MR) is 69.2 cm³/mol. The topological polar surface area (TPSA) is 73.2 Å². The fourth-order valence-corrected chi connectivity index (χ4v) is 2.28. The number of anilines is 1. The van der Waals surface area contributed by atoms with E-state index in [2.05, 4.69) is 10.2 Å². The number of H-pyrrole nitrogens is 1. The van der Waals surface area contributed by atoms with Gasteiger partial charge in [0.15, 0.2) is 11.5 Å². The summed E-state index contributed by atoms with van der Waals surface area (Å²) in [6.45, 7) is 2.95. The fraction of sp³-hybridized carbons (Fsp3) is 0.250. The molecule has 1 aromatic carbocycles. The first-order valence-electron chi connectivity index (χ1n) is 5.56. The zero-order valence-electron chi connectivity index (χ0n) is 9.79. The molecule has 3 rings (SSSR count). The van der Waals surface area contributed by atoms with Crippen LogP contribution in [0.3, 0.4) is 0 Å². The van der Waals surface area contributed by atoms with Crippen LogP contribution in [0.4, 0.5) is 5.82 Å². The van der Waals surface area contributed by atoms with Gasteiger partial charge in [-0.05, 0) is 24.1 Å². The molecule has 2 heterocycles. The maximum absolute atomic E-state index is 6.31. The van der Waals surface area contributed by atoms with E-state index >= 15 is 0 Å². The number of hydrogen-bond acceptors (Lipinski definition) is 4. The van der Waals surface area contributed by atoms with Crippen LogP contribution in [-0.4, -0.2) is 23.4 Å². The van der Waals surface area contributed by atoms with Crippen molar-refractivity contribution < 1.29 is 9.47 Å². The van der Waals surface area contributed by atoms with Gasteiger partial charge in [0.2, 0.25) is 0 Å². The lowest BCUT2D eigenvalue weighted by Crippen LogP contribution is -2.16. The summed E-state index contributed by atoms with van der Waals surface area (Å²) in [6, 6.07) is 1.89. The van der Waals surface area contributed by atoms with Gasteiger partial charge in [-0.25, -0.2) is 0 Å². The molecule has 94 valence electrons. The largest absolute Gasteiger partial charge is 0.486 e. The van der Waals surface area contributed by atoms with E-state index in [9.17, 15) is 0 Å². The molecule has 0 aliphatic carbocycles. The standard InChI is InChI=1S/C12H12ClN3O2/c1-6-7(8-5-15-16-12(8)14)4-9-11(10(6)13)18-3-2-17-9/h4-5H,2-3H2,1H3,(H3,14,15,16). The summed E-state index contributed by atoms with van der Waals surface area (Å²) in [5.74, 6) is 1.75. The maximum Gasteiger partial charge on any atom is 0.180 e. The Morgan fingerprint density at radius 2 is 2.11 bits per heavy atom. The number of nitrogens with zero attached hydrogens (tertiary/aromatic N) is 1. The van der Waals surface area contributed by atoms with Crippen molar-refractivity contribution in [1.82, 2.24) is 10.2 Å². The number of aromatic nitrogens is 2. The highest BCUT2D eigenvalue weighted by atomic mass is 35.5. The third-order valence-electron chi connectivity index (χ3n) is 2.98. The number of nitrogen functional groups attached to an aromatic ring is 1. The Morgan fingerprint density at radius 1 is 1.33 bits per heavy atom. The second-order valence-electron chi connectivity index (χ2n) is 4.08. The minimum atomic E-state index is 0.505. The van der Waals surface area contributed by atoms with E-state index < -0.39 is 0 Å². The second kappa shape index (κ2) is 4.10. The highest BCUT2D eigenvalue weighted by Crippen LogP contribution is 2.44. The van der Waals surface area contributed by atoms with Crippen molar-refractivity contribution >= 4 is 17.4 Å². The van der Waals surface area contributed by atoms with E-state index in [4.69, 9.17) is 26.8 Å². The van der Waals surface area contributed by atoms with Gasteiger partial charge in [-0.2, -0.15) is 5.10 Å². The van der Waals surface area contributed by atoms with Gasteiger partial charge in [-0.15, -0.1) is 0 Å². The van der Waals surface area contributed by atoms with Crippen molar-refractivity contribution in [2.45, 2.75) is 6.92 Å². The summed E-state index contributed by atoms with van der Waals surface area (Å²) in [5.41, 5.74) is 8.44. The first-order valence-corrected chi connectivity index (χ1v) is 5.94. The number of fused-ring (bicyclic) bond motifs is 1.